The van der Waals surface area contributed by atoms with Gasteiger partial charge in [0.25, 0.3) is 0 Å². The molecule has 0 saturated carbocycles. The number of carbonyl (C=O) groups excluding carboxylic acids is 1. The first-order chi connectivity index (χ1) is 7.91. The Bertz CT molecular complexity index is 318. The Balaban J connectivity index is 3.90. The summed E-state index contributed by atoms with van der Waals surface area (Å²) in [5, 5.41) is 9.24. The number of hydrogen-bond donors (Lipinski definition) is 3. The number of hydrogen-bond acceptors (Lipinski definition) is 6. The van der Waals surface area contributed by atoms with Crippen LogP contribution in [-0.2, 0) is 19.7 Å². The lowest BCUT2D eigenvalue weighted by molar-refractivity contribution is 0.0603. The van der Waals surface area contributed by atoms with E-state index in [9.17, 15) is 18.3 Å². The summed E-state index contributed by atoms with van der Waals surface area (Å²) in [7, 11) is -2.51. The molecule has 0 aromatic carbocycles. The van der Waals surface area contributed by atoms with Crippen LogP contribution in [0.25, 0.3) is 0 Å². The van der Waals surface area contributed by atoms with Gasteiger partial charge in [-0.25, -0.2) is 9.52 Å². The van der Waals surface area contributed by atoms with E-state index in [0.29, 0.717) is 0 Å². The molecule has 0 aromatic rings. The summed E-state index contributed by atoms with van der Waals surface area (Å²) in [4.78, 5) is 10.8. The topological polar surface area (TPSA) is 114 Å². The summed E-state index contributed by atoms with van der Waals surface area (Å²) in [6, 6.07) is 0. The van der Waals surface area contributed by atoms with Crippen LogP contribution < -0.4 is 9.44 Å². The van der Waals surface area contributed by atoms with E-state index in [1.54, 1.807) is 11.6 Å². The molecule has 102 valence electrons. The normalized spacial score (nSPS) is 13.1. The summed E-state index contributed by atoms with van der Waals surface area (Å²) in [5.74, 6) is 0. The number of methoxy groups -OCH3 is 1. The zero-order valence-corrected chi connectivity index (χ0v) is 10.6. The molecule has 0 saturated heterocycles. The number of ether oxygens (including phenoxy) is 2. The number of rotatable bonds is 8. The monoisotopic (exact) mass is 270 g/mol. The summed E-state index contributed by atoms with van der Waals surface area (Å²) in [6.45, 7) is 1.74. The van der Waals surface area contributed by atoms with Crippen molar-refractivity contribution in [1.29, 1.82) is 0 Å². The van der Waals surface area contributed by atoms with Crippen molar-refractivity contribution in [3.05, 3.63) is 0 Å². The maximum Gasteiger partial charge on any atom is 0.421 e. The molecule has 0 radical (unpaired) electrons. The quantitative estimate of drug-likeness (QED) is 0.519. The maximum absolute atomic E-state index is 11.2. The molecule has 0 bridgehead atoms. The van der Waals surface area contributed by atoms with Gasteiger partial charge in [-0.15, -0.1) is 0 Å². The minimum absolute atomic E-state index is 0.0146. The van der Waals surface area contributed by atoms with Crippen molar-refractivity contribution < 1.29 is 27.8 Å². The largest absolute Gasteiger partial charge is 0.449 e. The average molecular weight is 270 g/mol. The number of aliphatic hydroxyl groups excluding tert-OH is 1. The van der Waals surface area contributed by atoms with E-state index in [0.717, 1.165) is 0 Å². The van der Waals surface area contributed by atoms with Gasteiger partial charge in [-0.3, -0.25) is 0 Å². The van der Waals surface area contributed by atoms with E-state index in [-0.39, 0.29) is 26.2 Å². The van der Waals surface area contributed by atoms with Gasteiger partial charge in [0.15, 0.2) is 0 Å². The second kappa shape index (κ2) is 8.23. The van der Waals surface area contributed by atoms with Crippen LogP contribution in [0.2, 0.25) is 0 Å². The first-order valence-corrected chi connectivity index (χ1v) is 6.50. The van der Waals surface area contributed by atoms with Gasteiger partial charge < -0.3 is 14.6 Å². The molecule has 0 aliphatic rings. The maximum atomic E-state index is 11.2. The first kappa shape index (κ1) is 16.1. The molecule has 0 aliphatic carbocycles. The van der Waals surface area contributed by atoms with E-state index in [1.807, 2.05) is 0 Å². The van der Waals surface area contributed by atoms with E-state index >= 15 is 0 Å². The van der Waals surface area contributed by atoms with Crippen LogP contribution in [-0.4, -0.2) is 52.6 Å². The fourth-order valence-electron chi connectivity index (χ4n) is 0.942. The summed E-state index contributed by atoms with van der Waals surface area (Å²) < 4.78 is 35.2. The molecule has 0 rings (SSSR count). The highest BCUT2D eigenvalue weighted by molar-refractivity contribution is 7.88. The van der Waals surface area contributed by atoms with Gasteiger partial charge in [0.1, 0.15) is 0 Å². The van der Waals surface area contributed by atoms with Gasteiger partial charge >= 0.3 is 16.3 Å². The average Bonchev–Trinajstić information content (AvgIpc) is 2.16. The van der Waals surface area contributed by atoms with Crippen molar-refractivity contribution in [1.82, 2.24) is 9.44 Å². The highest BCUT2D eigenvalue weighted by Gasteiger charge is 2.14. The molecule has 1 amide bonds. The van der Waals surface area contributed by atoms with Gasteiger partial charge in [-0.05, 0) is 13.3 Å². The van der Waals surface area contributed by atoms with Crippen LogP contribution in [0.4, 0.5) is 4.79 Å². The lowest BCUT2D eigenvalue weighted by Gasteiger charge is -2.11. The molecule has 0 heterocycles. The predicted molar refractivity (Wildman–Crippen MR) is 59.6 cm³/mol. The summed E-state index contributed by atoms with van der Waals surface area (Å²) in [6.07, 6.45) is -1.62. The zero-order chi connectivity index (χ0) is 13.3. The minimum Gasteiger partial charge on any atom is -0.449 e. The zero-order valence-electron chi connectivity index (χ0n) is 9.80. The fraction of sp³-hybridized carbons (Fsp3) is 0.875. The second-order valence-electron chi connectivity index (χ2n) is 3.12. The molecule has 1 atom stereocenters. The third-order valence-electron chi connectivity index (χ3n) is 1.62. The molecule has 9 heteroatoms. The lowest BCUT2D eigenvalue weighted by atomic mass is 10.3. The molecule has 0 aliphatic heterocycles. The molecule has 17 heavy (non-hydrogen) atoms. The Labute approximate surface area is 100 Å². The van der Waals surface area contributed by atoms with Gasteiger partial charge in [0.05, 0.1) is 19.3 Å². The van der Waals surface area contributed by atoms with Gasteiger partial charge in [0.2, 0.25) is 0 Å². The fourth-order valence-corrected chi connectivity index (χ4v) is 1.68. The summed E-state index contributed by atoms with van der Waals surface area (Å²) in [5.41, 5.74) is 0. The minimum atomic E-state index is -3.94. The van der Waals surface area contributed by atoms with E-state index < -0.39 is 22.4 Å². The van der Waals surface area contributed by atoms with Crippen LogP contribution >= 0.6 is 0 Å². The second-order valence-corrected chi connectivity index (χ2v) is 4.62. The lowest BCUT2D eigenvalue weighted by Crippen LogP contribution is -2.41. The smallest absolute Gasteiger partial charge is 0.421 e. The van der Waals surface area contributed by atoms with E-state index in [2.05, 4.69) is 14.2 Å². The Hall–Kier alpha value is -0.900. The third kappa shape index (κ3) is 8.86. The predicted octanol–water partition coefficient (Wildman–Crippen LogP) is -1.04. The summed E-state index contributed by atoms with van der Waals surface area (Å²) >= 11 is 0. The molecule has 1 unspecified atom stereocenters. The highest BCUT2D eigenvalue weighted by atomic mass is 32.2. The van der Waals surface area contributed by atoms with Crippen molar-refractivity contribution in [2.24, 2.45) is 0 Å². The third-order valence-corrected chi connectivity index (χ3v) is 2.64. The number of carbonyl (C=O) groups is 1. The number of aliphatic hydroxyl groups is 1. The van der Waals surface area contributed by atoms with E-state index in [4.69, 9.17) is 0 Å². The van der Waals surface area contributed by atoms with Gasteiger partial charge in [-0.2, -0.15) is 13.1 Å². The molecular formula is C8H18N2O6S. The Morgan fingerprint density at radius 1 is 1.47 bits per heavy atom. The number of amides is 1. The van der Waals surface area contributed by atoms with Crippen molar-refractivity contribution in [2.75, 3.05) is 26.9 Å². The molecule has 3 N–H and O–H groups in total. The van der Waals surface area contributed by atoms with Crippen LogP contribution in [0.1, 0.15) is 13.3 Å². The van der Waals surface area contributed by atoms with Crippen molar-refractivity contribution in [3.63, 3.8) is 0 Å². The first-order valence-electron chi connectivity index (χ1n) is 5.02. The van der Waals surface area contributed by atoms with Crippen LogP contribution in [0, 0.1) is 0 Å². The van der Waals surface area contributed by atoms with Gasteiger partial charge in [-0.1, -0.05) is 0 Å². The molecule has 8 nitrogen and oxygen atoms in total. The molecule has 0 fully saturated rings. The Morgan fingerprint density at radius 2 is 2.12 bits per heavy atom. The van der Waals surface area contributed by atoms with Crippen molar-refractivity contribution >= 4 is 16.3 Å². The standard InChI is InChI=1S/C8H18N2O6S/c1-3-16-8(12)10-17(13,14)9-5-4-7(11)6-15-2/h7,9,11H,3-6H2,1-2H3,(H,10,12). The Morgan fingerprint density at radius 3 is 2.65 bits per heavy atom. The van der Waals surface area contributed by atoms with E-state index in [1.165, 1.54) is 7.11 Å². The Kier molecular flexibility index (Phi) is 7.79. The highest BCUT2D eigenvalue weighted by Crippen LogP contribution is 1.91. The molecule has 0 aromatic heterocycles. The van der Waals surface area contributed by atoms with Crippen molar-refractivity contribution in [3.8, 4) is 0 Å². The van der Waals surface area contributed by atoms with Crippen LogP contribution in [0.5, 0.6) is 0 Å². The van der Waals surface area contributed by atoms with Crippen LogP contribution in [0.15, 0.2) is 0 Å². The number of nitrogens with one attached hydrogen (secondary N) is 2. The molecule has 0 spiro atoms. The van der Waals surface area contributed by atoms with Crippen molar-refractivity contribution in [2.45, 2.75) is 19.4 Å². The SMILES string of the molecule is CCOC(=O)NS(=O)(=O)NCCC(O)COC. The van der Waals surface area contributed by atoms with Gasteiger partial charge in [0, 0.05) is 13.7 Å². The molecular weight excluding hydrogens is 252 g/mol. The van der Waals surface area contributed by atoms with Crippen LogP contribution in [0.3, 0.4) is 0 Å².